The fourth-order valence-corrected chi connectivity index (χ4v) is 2.66. The molecule has 0 saturated carbocycles. The van der Waals surface area contributed by atoms with Crippen molar-refractivity contribution in [3.05, 3.63) is 46.5 Å². The zero-order valence-electron chi connectivity index (χ0n) is 11.7. The summed E-state index contributed by atoms with van der Waals surface area (Å²) in [5.41, 5.74) is -0.446. The highest BCUT2D eigenvalue weighted by Crippen LogP contribution is 2.26. The second-order valence-electron chi connectivity index (χ2n) is 4.57. The van der Waals surface area contributed by atoms with Crippen LogP contribution in [0.3, 0.4) is 0 Å². The first-order valence-electron chi connectivity index (χ1n) is 6.41. The first-order chi connectivity index (χ1) is 10.0. The highest BCUT2D eigenvalue weighted by Gasteiger charge is 2.40. The number of carboxylic acids is 1. The number of nitrogens with one attached hydrogen (secondary N) is 1. The van der Waals surface area contributed by atoms with Crippen LogP contribution in [-0.2, 0) is 10.3 Å². The number of amides is 1. The molecule has 21 heavy (non-hydrogen) atoms. The van der Waals surface area contributed by atoms with Crippen LogP contribution >= 0.6 is 11.5 Å². The summed E-state index contributed by atoms with van der Waals surface area (Å²) in [6.45, 7) is 3.38. The van der Waals surface area contributed by atoms with Crippen molar-refractivity contribution < 1.29 is 14.7 Å². The van der Waals surface area contributed by atoms with Gasteiger partial charge in [-0.15, -0.1) is 5.10 Å². The lowest BCUT2D eigenvalue weighted by Gasteiger charge is -2.29. The molecule has 2 N–H and O–H groups in total. The van der Waals surface area contributed by atoms with Crippen molar-refractivity contribution in [1.29, 1.82) is 0 Å². The summed E-state index contributed by atoms with van der Waals surface area (Å²) in [7, 11) is 0. The molecule has 1 heterocycles. The van der Waals surface area contributed by atoms with E-state index in [4.69, 9.17) is 0 Å². The Kier molecular flexibility index (Phi) is 4.32. The Morgan fingerprint density at radius 1 is 1.33 bits per heavy atom. The molecule has 6 nitrogen and oxygen atoms in total. The number of carboxylic acid groups (broad SMARTS) is 1. The first-order valence-corrected chi connectivity index (χ1v) is 7.19. The number of aliphatic carboxylic acids is 1. The van der Waals surface area contributed by atoms with E-state index in [0.29, 0.717) is 16.1 Å². The second-order valence-corrected chi connectivity index (χ2v) is 5.33. The van der Waals surface area contributed by atoms with Crippen LogP contribution in [0.1, 0.15) is 34.3 Å². The van der Waals surface area contributed by atoms with Gasteiger partial charge in [-0.05, 0) is 30.4 Å². The largest absolute Gasteiger partial charge is 0.479 e. The molecule has 1 aromatic carbocycles. The van der Waals surface area contributed by atoms with Crippen LogP contribution in [0.25, 0.3) is 0 Å². The number of carbonyl (C=O) groups excluding carboxylic acids is 1. The third-order valence-electron chi connectivity index (χ3n) is 3.35. The Morgan fingerprint density at radius 2 is 2.00 bits per heavy atom. The molecule has 0 aliphatic carbocycles. The Balaban J connectivity index is 2.41. The van der Waals surface area contributed by atoms with Gasteiger partial charge in [0.25, 0.3) is 5.91 Å². The van der Waals surface area contributed by atoms with Gasteiger partial charge in [0.2, 0.25) is 0 Å². The Morgan fingerprint density at radius 3 is 2.48 bits per heavy atom. The highest BCUT2D eigenvalue weighted by molar-refractivity contribution is 7.08. The van der Waals surface area contributed by atoms with Crippen molar-refractivity contribution in [2.45, 2.75) is 25.8 Å². The maximum Gasteiger partial charge on any atom is 0.334 e. The zero-order chi connectivity index (χ0) is 15.5. The number of hydrogen-bond acceptors (Lipinski definition) is 5. The van der Waals surface area contributed by atoms with Crippen LogP contribution in [-0.4, -0.2) is 26.6 Å². The van der Waals surface area contributed by atoms with E-state index in [0.717, 1.165) is 11.5 Å². The van der Waals surface area contributed by atoms with Crippen LogP contribution in [0, 0.1) is 6.92 Å². The van der Waals surface area contributed by atoms with E-state index in [1.165, 1.54) is 0 Å². The summed E-state index contributed by atoms with van der Waals surface area (Å²) in [5, 5.41) is 16.1. The van der Waals surface area contributed by atoms with Gasteiger partial charge in [-0.3, -0.25) is 4.79 Å². The van der Waals surface area contributed by atoms with Crippen molar-refractivity contribution in [2.75, 3.05) is 0 Å². The molecule has 0 spiro atoms. The van der Waals surface area contributed by atoms with Crippen LogP contribution in [0.15, 0.2) is 30.3 Å². The molecule has 0 bridgehead atoms. The molecule has 7 heteroatoms. The van der Waals surface area contributed by atoms with Crippen molar-refractivity contribution >= 4 is 23.4 Å². The number of aromatic nitrogens is 2. The number of rotatable bonds is 5. The normalized spacial score (nSPS) is 13.4. The van der Waals surface area contributed by atoms with E-state index in [1.54, 1.807) is 44.2 Å². The summed E-state index contributed by atoms with van der Waals surface area (Å²) in [5.74, 6) is -1.57. The monoisotopic (exact) mass is 305 g/mol. The molecule has 1 amide bonds. The molecule has 110 valence electrons. The van der Waals surface area contributed by atoms with Gasteiger partial charge < -0.3 is 10.4 Å². The topological polar surface area (TPSA) is 92.2 Å². The maximum atomic E-state index is 12.3. The second kappa shape index (κ2) is 6.01. The minimum absolute atomic E-state index is 0.226. The fourth-order valence-electron chi connectivity index (χ4n) is 2.11. The predicted molar refractivity (Wildman–Crippen MR) is 78.2 cm³/mol. The lowest BCUT2D eigenvalue weighted by atomic mass is 9.87. The van der Waals surface area contributed by atoms with Gasteiger partial charge in [0.15, 0.2) is 5.54 Å². The SMILES string of the molecule is CCC(NC(=O)c1snnc1C)(C(=O)O)c1ccccc1. The maximum absolute atomic E-state index is 12.3. The number of benzene rings is 1. The molecule has 0 saturated heterocycles. The Bertz CT molecular complexity index is 656. The summed E-state index contributed by atoms with van der Waals surface area (Å²) in [6.07, 6.45) is 0.226. The van der Waals surface area contributed by atoms with Gasteiger partial charge in [0, 0.05) is 0 Å². The Hall–Kier alpha value is -2.28. The van der Waals surface area contributed by atoms with Crippen molar-refractivity contribution in [3.8, 4) is 0 Å². The lowest BCUT2D eigenvalue weighted by Crippen LogP contribution is -2.51. The van der Waals surface area contributed by atoms with E-state index in [1.807, 2.05) is 0 Å². The predicted octanol–water partition coefficient (Wildman–Crippen LogP) is 1.97. The van der Waals surface area contributed by atoms with Crippen LogP contribution in [0.2, 0.25) is 0 Å². The van der Waals surface area contributed by atoms with Crippen molar-refractivity contribution in [2.24, 2.45) is 0 Å². The van der Waals surface area contributed by atoms with Crippen LogP contribution < -0.4 is 5.32 Å². The smallest absolute Gasteiger partial charge is 0.334 e. The zero-order valence-corrected chi connectivity index (χ0v) is 12.5. The summed E-state index contributed by atoms with van der Waals surface area (Å²) in [6, 6.07) is 8.67. The van der Waals surface area contributed by atoms with Crippen LogP contribution in [0.4, 0.5) is 0 Å². The molecule has 0 radical (unpaired) electrons. The molecule has 0 aliphatic rings. The highest BCUT2D eigenvalue weighted by atomic mass is 32.1. The quantitative estimate of drug-likeness (QED) is 0.881. The number of aryl methyl sites for hydroxylation is 1. The summed E-state index contributed by atoms with van der Waals surface area (Å²) in [4.78, 5) is 24.5. The van der Waals surface area contributed by atoms with Gasteiger partial charge in [0.05, 0.1) is 5.69 Å². The van der Waals surface area contributed by atoms with Gasteiger partial charge >= 0.3 is 5.97 Å². The van der Waals surface area contributed by atoms with Gasteiger partial charge in [0.1, 0.15) is 4.88 Å². The standard InChI is InChI=1S/C14H15N3O3S/c1-3-14(13(19)20,10-7-5-4-6-8-10)15-12(18)11-9(2)16-17-21-11/h4-8H,3H2,1-2H3,(H,15,18)(H,19,20). The third-order valence-corrected chi connectivity index (χ3v) is 4.17. The van der Waals surface area contributed by atoms with Gasteiger partial charge in [-0.2, -0.15) is 0 Å². The first kappa shape index (κ1) is 15.1. The molecular weight excluding hydrogens is 290 g/mol. The molecule has 2 aromatic rings. The van der Waals surface area contributed by atoms with E-state index >= 15 is 0 Å². The van der Waals surface area contributed by atoms with Crippen molar-refractivity contribution in [1.82, 2.24) is 14.9 Å². The van der Waals surface area contributed by atoms with Crippen molar-refractivity contribution in [3.63, 3.8) is 0 Å². The molecule has 0 aliphatic heterocycles. The molecular formula is C14H15N3O3S. The molecule has 1 unspecified atom stereocenters. The molecule has 1 atom stereocenters. The average molecular weight is 305 g/mol. The molecule has 1 aromatic heterocycles. The van der Waals surface area contributed by atoms with Crippen LogP contribution in [0.5, 0.6) is 0 Å². The van der Waals surface area contributed by atoms with E-state index in [9.17, 15) is 14.7 Å². The van der Waals surface area contributed by atoms with E-state index in [2.05, 4.69) is 14.9 Å². The minimum Gasteiger partial charge on any atom is -0.479 e. The number of hydrogen-bond donors (Lipinski definition) is 2. The molecule has 2 rings (SSSR count). The van der Waals surface area contributed by atoms with Gasteiger partial charge in [-0.1, -0.05) is 41.7 Å². The third kappa shape index (κ3) is 2.78. The van der Waals surface area contributed by atoms with E-state index < -0.39 is 17.4 Å². The number of nitrogens with zero attached hydrogens (tertiary/aromatic N) is 2. The van der Waals surface area contributed by atoms with E-state index in [-0.39, 0.29) is 6.42 Å². The van der Waals surface area contributed by atoms with Gasteiger partial charge in [-0.25, -0.2) is 4.79 Å². The fraction of sp³-hybridized carbons (Fsp3) is 0.286. The minimum atomic E-state index is -1.46. The lowest BCUT2D eigenvalue weighted by molar-refractivity contribution is -0.145. The summed E-state index contributed by atoms with van der Waals surface area (Å²) < 4.78 is 3.70. The average Bonchev–Trinajstić information content (AvgIpc) is 2.91. The number of carbonyl (C=O) groups is 2. The molecule has 0 fully saturated rings. The Labute approximate surface area is 126 Å². The summed E-state index contributed by atoms with van der Waals surface area (Å²) >= 11 is 0.950.